The van der Waals surface area contributed by atoms with Gasteiger partial charge in [0.05, 0.1) is 24.6 Å². The summed E-state index contributed by atoms with van der Waals surface area (Å²) in [6.07, 6.45) is 1.28. The molecule has 148 valence electrons. The predicted molar refractivity (Wildman–Crippen MR) is 106 cm³/mol. The van der Waals surface area contributed by atoms with Crippen LogP contribution in [-0.4, -0.2) is 31.9 Å². The molecule has 0 aliphatic carbocycles. The fourth-order valence-corrected chi connectivity index (χ4v) is 4.84. The van der Waals surface area contributed by atoms with E-state index in [0.717, 1.165) is 5.69 Å². The van der Waals surface area contributed by atoms with Crippen LogP contribution in [-0.2, 0) is 11.8 Å². The Bertz CT molecular complexity index is 972. The van der Waals surface area contributed by atoms with Gasteiger partial charge in [-0.25, -0.2) is 0 Å². The lowest BCUT2D eigenvalue weighted by Gasteiger charge is -2.48. The van der Waals surface area contributed by atoms with Gasteiger partial charge >= 0.3 is 5.69 Å². The number of para-hydroxylation sites is 1. The number of rotatable bonds is 3. The molecular weight excluding hydrogens is 360 g/mol. The first-order valence-corrected chi connectivity index (χ1v) is 9.23. The van der Waals surface area contributed by atoms with E-state index in [0.29, 0.717) is 24.2 Å². The molecule has 2 aliphatic rings. The molecule has 2 aliphatic heterocycles. The molecule has 1 unspecified atom stereocenters. The summed E-state index contributed by atoms with van der Waals surface area (Å²) in [7, 11) is 4.89. The SMILES string of the molecule is COc1cc2c(c(OC)c1[N+](=O)[O-])CCC1(O2)N(C)c2ccccc2C1(C)C. The zero-order valence-corrected chi connectivity index (χ0v) is 16.7. The van der Waals surface area contributed by atoms with Crippen LogP contribution in [0.3, 0.4) is 0 Å². The van der Waals surface area contributed by atoms with Crippen molar-refractivity contribution in [3.63, 3.8) is 0 Å². The monoisotopic (exact) mass is 384 g/mol. The van der Waals surface area contributed by atoms with Gasteiger partial charge in [-0.1, -0.05) is 18.2 Å². The minimum absolute atomic E-state index is 0.133. The van der Waals surface area contributed by atoms with E-state index in [9.17, 15) is 10.1 Å². The van der Waals surface area contributed by atoms with Gasteiger partial charge in [-0.15, -0.1) is 0 Å². The number of nitrogens with zero attached hydrogens (tertiary/aromatic N) is 2. The van der Waals surface area contributed by atoms with Gasteiger partial charge < -0.3 is 19.1 Å². The van der Waals surface area contributed by atoms with Crippen molar-refractivity contribution in [2.45, 2.75) is 37.8 Å². The molecule has 7 heteroatoms. The van der Waals surface area contributed by atoms with Crippen molar-refractivity contribution in [1.29, 1.82) is 0 Å². The molecule has 28 heavy (non-hydrogen) atoms. The normalized spacial score (nSPS) is 21.7. The summed E-state index contributed by atoms with van der Waals surface area (Å²) >= 11 is 0. The third-order valence-electron chi connectivity index (χ3n) is 6.34. The Morgan fingerprint density at radius 3 is 2.54 bits per heavy atom. The number of nitro benzene ring substituents is 1. The molecule has 0 amide bonds. The van der Waals surface area contributed by atoms with Crippen LogP contribution in [0.4, 0.5) is 11.4 Å². The van der Waals surface area contributed by atoms with E-state index in [1.54, 1.807) is 6.07 Å². The second-order valence-electron chi connectivity index (χ2n) is 7.78. The van der Waals surface area contributed by atoms with Crippen molar-refractivity contribution in [3.05, 3.63) is 51.6 Å². The van der Waals surface area contributed by atoms with Gasteiger partial charge in [-0.05, 0) is 31.9 Å². The maximum atomic E-state index is 11.6. The van der Waals surface area contributed by atoms with Crippen molar-refractivity contribution in [3.8, 4) is 17.2 Å². The van der Waals surface area contributed by atoms with Crippen molar-refractivity contribution in [2.24, 2.45) is 0 Å². The molecule has 0 saturated carbocycles. The summed E-state index contributed by atoms with van der Waals surface area (Å²) in [5, 5.41) is 11.6. The largest absolute Gasteiger partial charge is 0.490 e. The molecule has 7 nitrogen and oxygen atoms in total. The molecule has 4 rings (SSSR count). The first kappa shape index (κ1) is 18.4. The molecule has 2 aromatic rings. The molecule has 0 bridgehead atoms. The lowest BCUT2D eigenvalue weighted by atomic mass is 9.74. The zero-order chi connectivity index (χ0) is 20.3. The van der Waals surface area contributed by atoms with Gasteiger partial charge in [0.2, 0.25) is 11.5 Å². The number of anilines is 1. The summed E-state index contributed by atoms with van der Waals surface area (Å²) in [5.41, 5.74) is 2.03. The molecule has 0 N–H and O–H groups in total. The highest BCUT2D eigenvalue weighted by molar-refractivity contribution is 5.69. The Morgan fingerprint density at radius 1 is 1.21 bits per heavy atom. The van der Waals surface area contributed by atoms with E-state index in [2.05, 4.69) is 30.9 Å². The van der Waals surface area contributed by atoms with E-state index in [1.807, 2.05) is 19.2 Å². The van der Waals surface area contributed by atoms with Crippen molar-refractivity contribution in [2.75, 3.05) is 26.2 Å². The van der Waals surface area contributed by atoms with E-state index >= 15 is 0 Å². The average molecular weight is 384 g/mol. The fraction of sp³-hybridized carbons (Fsp3) is 0.429. The van der Waals surface area contributed by atoms with Crippen molar-refractivity contribution < 1.29 is 19.1 Å². The number of likely N-dealkylation sites (N-methyl/N-ethyl adjacent to an activating group) is 1. The fourth-order valence-electron chi connectivity index (χ4n) is 4.84. The van der Waals surface area contributed by atoms with Gasteiger partial charge in [-0.3, -0.25) is 10.1 Å². The summed E-state index contributed by atoms with van der Waals surface area (Å²) in [6, 6.07) is 9.91. The van der Waals surface area contributed by atoms with Crippen LogP contribution in [0.2, 0.25) is 0 Å². The Balaban J connectivity index is 1.89. The van der Waals surface area contributed by atoms with Gasteiger partial charge in [0, 0.05) is 30.8 Å². The smallest absolute Gasteiger partial charge is 0.352 e. The predicted octanol–water partition coefficient (Wildman–Crippen LogP) is 4.06. The van der Waals surface area contributed by atoms with Crippen LogP contribution >= 0.6 is 0 Å². The Kier molecular flexibility index (Phi) is 3.96. The molecule has 0 radical (unpaired) electrons. The standard InChI is InChI=1S/C21H24N2O5/c1-20(2)14-8-6-7-9-15(14)22(3)21(20)11-10-13-16(28-21)12-17(26-4)18(23(24)25)19(13)27-5/h6-9,12H,10-11H2,1-5H3. The highest BCUT2D eigenvalue weighted by Gasteiger charge is 2.59. The Labute approximate surface area is 164 Å². The number of methoxy groups -OCH3 is 2. The first-order chi connectivity index (χ1) is 13.3. The Hall–Kier alpha value is -2.96. The number of fused-ring (bicyclic) bond motifs is 2. The third-order valence-corrected chi connectivity index (χ3v) is 6.34. The van der Waals surface area contributed by atoms with Crippen LogP contribution in [0.1, 0.15) is 31.4 Å². The zero-order valence-electron chi connectivity index (χ0n) is 16.7. The van der Waals surface area contributed by atoms with Crippen LogP contribution in [0.5, 0.6) is 17.2 Å². The number of hydrogen-bond donors (Lipinski definition) is 0. The molecule has 0 aromatic heterocycles. The second kappa shape index (κ2) is 6.02. The number of nitro groups is 1. The minimum atomic E-state index is -0.601. The van der Waals surface area contributed by atoms with Crippen molar-refractivity contribution in [1.82, 2.24) is 0 Å². The minimum Gasteiger partial charge on any atom is -0.490 e. The van der Waals surface area contributed by atoms with Gasteiger partial charge in [0.15, 0.2) is 5.72 Å². The molecule has 1 atom stereocenters. The molecule has 0 saturated heterocycles. The lowest BCUT2D eigenvalue weighted by molar-refractivity contribution is -0.386. The summed E-state index contributed by atoms with van der Waals surface area (Å²) in [4.78, 5) is 13.3. The first-order valence-electron chi connectivity index (χ1n) is 9.23. The molecule has 1 spiro atoms. The topological polar surface area (TPSA) is 74.1 Å². The number of ether oxygens (including phenoxy) is 3. The van der Waals surface area contributed by atoms with Crippen LogP contribution in [0, 0.1) is 10.1 Å². The van der Waals surface area contributed by atoms with E-state index in [1.165, 1.54) is 19.8 Å². The van der Waals surface area contributed by atoms with E-state index < -0.39 is 10.6 Å². The van der Waals surface area contributed by atoms with Gasteiger partial charge in [-0.2, -0.15) is 0 Å². The number of hydrogen-bond acceptors (Lipinski definition) is 6. The van der Waals surface area contributed by atoms with Crippen molar-refractivity contribution >= 4 is 11.4 Å². The summed E-state index contributed by atoms with van der Waals surface area (Å²) in [5.74, 6) is 0.914. The lowest BCUT2D eigenvalue weighted by Crippen LogP contribution is -2.60. The molecule has 2 aromatic carbocycles. The summed E-state index contributed by atoms with van der Waals surface area (Å²) in [6.45, 7) is 4.36. The maximum absolute atomic E-state index is 11.6. The van der Waals surface area contributed by atoms with E-state index in [-0.39, 0.29) is 22.6 Å². The highest BCUT2D eigenvalue weighted by atomic mass is 16.6. The third kappa shape index (κ3) is 2.16. The maximum Gasteiger partial charge on any atom is 0.352 e. The van der Waals surface area contributed by atoms with Crippen LogP contribution in [0.25, 0.3) is 0 Å². The molecule has 2 heterocycles. The molecular formula is C21H24N2O5. The Morgan fingerprint density at radius 2 is 1.93 bits per heavy atom. The highest BCUT2D eigenvalue weighted by Crippen LogP contribution is 2.57. The average Bonchev–Trinajstić information content (AvgIpc) is 2.85. The second-order valence-corrected chi connectivity index (χ2v) is 7.78. The van der Waals surface area contributed by atoms with E-state index in [4.69, 9.17) is 14.2 Å². The number of benzene rings is 2. The van der Waals surface area contributed by atoms with Gasteiger partial charge in [0.1, 0.15) is 5.75 Å². The molecule has 0 fully saturated rings. The van der Waals surface area contributed by atoms with Crippen LogP contribution in [0.15, 0.2) is 30.3 Å². The quantitative estimate of drug-likeness (QED) is 0.587. The van der Waals surface area contributed by atoms with Gasteiger partial charge in [0.25, 0.3) is 0 Å². The van der Waals surface area contributed by atoms with Crippen LogP contribution < -0.4 is 19.1 Å². The summed E-state index contributed by atoms with van der Waals surface area (Å²) < 4.78 is 17.4.